The number of ether oxygens (including phenoxy) is 3. The Bertz CT molecular complexity index is 797. The summed E-state index contributed by atoms with van der Waals surface area (Å²) in [5, 5.41) is 7.16. The minimum atomic E-state index is 0.404. The van der Waals surface area contributed by atoms with E-state index >= 15 is 0 Å². The minimum Gasteiger partial charge on any atom is -0.493 e. The summed E-state index contributed by atoms with van der Waals surface area (Å²) in [5.41, 5.74) is 1.11. The molecule has 1 fully saturated rings. The molecule has 1 aliphatic carbocycles. The summed E-state index contributed by atoms with van der Waals surface area (Å²) in [6, 6.07) is 6.79. The van der Waals surface area contributed by atoms with Gasteiger partial charge in [0, 0.05) is 38.9 Å². The molecule has 0 aliphatic heterocycles. The summed E-state index contributed by atoms with van der Waals surface area (Å²) in [7, 11) is 8.86. The predicted molar refractivity (Wildman–Crippen MR) is 119 cm³/mol. The third-order valence-electron chi connectivity index (χ3n) is 5.48. The van der Waals surface area contributed by atoms with Crippen LogP contribution in [0.3, 0.4) is 0 Å². The molecule has 164 valence electrons. The van der Waals surface area contributed by atoms with E-state index < -0.39 is 0 Å². The number of rotatable bonds is 9. The Balaban J connectivity index is 1.51. The van der Waals surface area contributed by atoms with Crippen molar-refractivity contribution in [3.63, 3.8) is 0 Å². The molecule has 30 heavy (non-hydrogen) atoms. The van der Waals surface area contributed by atoms with E-state index in [1.54, 1.807) is 27.5 Å². The van der Waals surface area contributed by atoms with E-state index in [2.05, 4.69) is 20.6 Å². The lowest BCUT2D eigenvalue weighted by molar-refractivity contribution is 0.322. The first-order valence-electron chi connectivity index (χ1n) is 10.3. The number of nitrogens with one attached hydrogen (secondary N) is 2. The van der Waals surface area contributed by atoms with Crippen LogP contribution in [0.5, 0.6) is 17.2 Å². The summed E-state index contributed by atoms with van der Waals surface area (Å²) in [6.45, 7) is 0.757. The van der Waals surface area contributed by atoms with E-state index in [0.717, 1.165) is 43.6 Å². The van der Waals surface area contributed by atoms with E-state index in [4.69, 9.17) is 14.2 Å². The first kappa shape index (κ1) is 22.0. The first-order valence-corrected chi connectivity index (χ1v) is 10.3. The van der Waals surface area contributed by atoms with Crippen molar-refractivity contribution in [1.82, 2.24) is 15.3 Å². The largest absolute Gasteiger partial charge is 0.493 e. The van der Waals surface area contributed by atoms with Gasteiger partial charge in [0.15, 0.2) is 11.5 Å². The van der Waals surface area contributed by atoms with E-state index in [0.29, 0.717) is 35.3 Å². The van der Waals surface area contributed by atoms with Crippen molar-refractivity contribution in [2.24, 2.45) is 0 Å². The zero-order valence-corrected chi connectivity index (χ0v) is 18.6. The summed E-state index contributed by atoms with van der Waals surface area (Å²) >= 11 is 0. The monoisotopic (exact) mass is 415 g/mol. The van der Waals surface area contributed by atoms with Crippen LogP contribution >= 0.6 is 0 Å². The lowest BCUT2D eigenvalue weighted by atomic mass is 9.91. The number of nitrogens with zero attached hydrogens (tertiary/aromatic N) is 3. The van der Waals surface area contributed by atoms with Crippen molar-refractivity contribution in [3.8, 4) is 17.2 Å². The van der Waals surface area contributed by atoms with Crippen LogP contribution in [-0.2, 0) is 6.54 Å². The van der Waals surface area contributed by atoms with Crippen molar-refractivity contribution in [2.75, 3.05) is 45.6 Å². The zero-order chi connectivity index (χ0) is 21.5. The van der Waals surface area contributed by atoms with Gasteiger partial charge >= 0.3 is 0 Å². The lowest BCUT2D eigenvalue weighted by Gasteiger charge is -2.30. The Morgan fingerprint density at radius 2 is 1.60 bits per heavy atom. The molecule has 0 atom stereocenters. The molecular formula is C22H33N5O3. The Kier molecular flexibility index (Phi) is 7.57. The normalized spacial score (nSPS) is 18.6. The van der Waals surface area contributed by atoms with Crippen molar-refractivity contribution < 1.29 is 14.2 Å². The molecule has 0 bridgehead atoms. The second kappa shape index (κ2) is 10.3. The Labute approximate surface area is 179 Å². The number of methoxy groups -OCH3 is 3. The molecule has 8 nitrogen and oxygen atoms in total. The summed E-state index contributed by atoms with van der Waals surface area (Å²) < 4.78 is 16.3. The summed E-state index contributed by atoms with van der Waals surface area (Å²) in [5.74, 6) is 3.60. The fourth-order valence-corrected chi connectivity index (χ4v) is 3.79. The highest BCUT2D eigenvalue weighted by Gasteiger charge is 2.22. The molecule has 1 aliphatic rings. The van der Waals surface area contributed by atoms with Crippen LogP contribution < -0.4 is 29.7 Å². The van der Waals surface area contributed by atoms with Gasteiger partial charge in [-0.2, -0.15) is 4.98 Å². The van der Waals surface area contributed by atoms with Gasteiger partial charge in [-0.1, -0.05) is 0 Å². The Hall–Kier alpha value is -2.74. The lowest BCUT2D eigenvalue weighted by Crippen LogP contribution is -2.37. The fraction of sp³-hybridized carbons (Fsp3) is 0.545. The summed E-state index contributed by atoms with van der Waals surface area (Å²) in [6.07, 6.45) is 6.19. The van der Waals surface area contributed by atoms with Crippen molar-refractivity contribution >= 4 is 11.8 Å². The van der Waals surface area contributed by atoms with Crippen molar-refractivity contribution in [1.29, 1.82) is 0 Å². The van der Waals surface area contributed by atoms with Crippen LogP contribution in [-0.4, -0.2) is 57.5 Å². The molecule has 0 unspecified atom stereocenters. The molecule has 1 aromatic heterocycles. The minimum absolute atomic E-state index is 0.404. The Morgan fingerprint density at radius 1 is 0.967 bits per heavy atom. The third-order valence-corrected chi connectivity index (χ3v) is 5.48. The van der Waals surface area contributed by atoms with E-state index in [-0.39, 0.29) is 0 Å². The van der Waals surface area contributed by atoms with Crippen LogP contribution in [0.15, 0.2) is 24.4 Å². The van der Waals surface area contributed by atoms with Gasteiger partial charge in [0.2, 0.25) is 11.7 Å². The second-order valence-corrected chi connectivity index (χ2v) is 7.74. The van der Waals surface area contributed by atoms with E-state index in [9.17, 15) is 0 Å². The smallest absolute Gasteiger partial charge is 0.224 e. The van der Waals surface area contributed by atoms with Gasteiger partial charge in [-0.05, 0) is 49.4 Å². The zero-order valence-electron chi connectivity index (χ0n) is 18.6. The molecule has 3 rings (SSSR count). The number of benzene rings is 1. The number of hydrogen-bond donors (Lipinski definition) is 2. The second-order valence-electron chi connectivity index (χ2n) is 7.74. The van der Waals surface area contributed by atoms with Crippen LogP contribution in [0, 0.1) is 0 Å². The SMILES string of the molecule is COc1cc(CN[C@H]2CC[C@@H](Nc3nccc(N(C)C)n3)CC2)cc(OC)c1OC. The topological polar surface area (TPSA) is 80.8 Å². The number of aromatic nitrogens is 2. The van der Waals surface area contributed by atoms with Crippen LogP contribution in [0.1, 0.15) is 31.2 Å². The first-order chi connectivity index (χ1) is 14.5. The van der Waals surface area contributed by atoms with Crippen LogP contribution in [0.4, 0.5) is 11.8 Å². The maximum absolute atomic E-state index is 5.45. The maximum atomic E-state index is 5.45. The molecule has 0 spiro atoms. The molecule has 2 aromatic rings. The number of anilines is 2. The van der Waals surface area contributed by atoms with Gasteiger partial charge in [-0.15, -0.1) is 0 Å². The van der Waals surface area contributed by atoms with E-state index in [1.165, 1.54) is 0 Å². The average molecular weight is 416 g/mol. The standard InChI is InChI=1S/C22H33N5O3/c1-27(2)20-10-11-23-22(26-20)25-17-8-6-16(7-9-17)24-14-15-12-18(28-3)21(30-5)19(13-15)29-4/h10-13,16-17,24H,6-9,14H2,1-5H3,(H,23,25,26)/t16-,17+. The fourth-order valence-electron chi connectivity index (χ4n) is 3.79. The maximum Gasteiger partial charge on any atom is 0.224 e. The van der Waals surface area contributed by atoms with Gasteiger partial charge in [0.25, 0.3) is 0 Å². The average Bonchev–Trinajstić information content (AvgIpc) is 2.78. The van der Waals surface area contributed by atoms with Crippen LogP contribution in [0.2, 0.25) is 0 Å². The number of hydrogen-bond acceptors (Lipinski definition) is 8. The highest BCUT2D eigenvalue weighted by atomic mass is 16.5. The molecule has 1 aromatic carbocycles. The molecular weight excluding hydrogens is 382 g/mol. The predicted octanol–water partition coefficient (Wildman–Crippen LogP) is 3.08. The van der Waals surface area contributed by atoms with E-state index in [1.807, 2.05) is 37.2 Å². The van der Waals surface area contributed by atoms with Gasteiger partial charge in [0.1, 0.15) is 5.82 Å². The Morgan fingerprint density at radius 3 is 2.17 bits per heavy atom. The highest BCUT2D eigenvalue weighted by Crippen LogP contribution is 2.38. The third kappa shape index (κ3) is 5.44. The van der Waals surface area contributed by atoms with Gasteiger partial charge in [-0.25, -0.2) is 4.98 Å². The van der Waals surface area contributed by atoms with Crippen molar-refractivity contribution in [3.05, 3.63) is 30.0 Å². The molecule has 0 radical (unpaired) electrons. The quantitative estimate of drug-likeness (QED) is 0.647. The molecule has 0 amide bonds. The van der Waals surface area contributed by atoms with Gasteiger partial charge in [0.05, 0.1) is 21.3 Å². The molecule has 0 saturated heterocycles. The summed E-state index contributed by atoms with van der Waals surface area (Å²) in [4.78, 5) is 10.9. The molecule has 8 heteroatoms. The van der Waals surface area contributed by atoms with Gasteiger partial charge in [-0.3, -0.25) is 0 Å². The molecule has 2 N–H and O–H groups in total. The highest BCUT2D eigenvalue weighted by molar-refractivity contribution is 5.53. The molecule has 1 heterocycles. The van der Waals surface area contributed by atoms with Gasteiger partial charge < -0.3 is 29.7 Å². The molecule has 1 saturated carbocycles. The van der Waals surface area contributed by atoms with Crippen molar-refractivity contribution in [2.45, 2.75) is 44.3 Å². The van der Waals surface area contributed by atoms with Crippen LogP contribution in [0.25, 0.3) is 0 Å².